The highest BCUT2D eigenvalue weighted by atomic mass is 19.1. The predicted octanol–water partition coefficient (Wildman–Crippen LogP) is 2.22. The van der Waals surface area contributed by atoms with Crippen LogP contribution in [0.15, 0.2) is 53.7 Å². The molecule has 3 N–H and O–H groups in total. The van der Waals surface area contributed by atoms with Crippen LogP contribution in [0.2, 0.25) is 0 Å². The normalized spacial score (nSPS) is 20.7. The zero-order valence-electron chi connectivity index (χ0n) is 12.2. The zero-order valence-corrected chi connectivity index (χ0v) is 12.2. The Kier molecular flexibility index (Phi) is 4.32. The summed E-state index contributed by atoms with van der Waals surface area (Å²) in [5.41, 5.74) is 7.63. The second-order valence-electron chi connectivity index (χ2n) is 5.45. The van der Waals surface area contributed by atoms with Gasteiger partial charge in [-0.1, -0.05) is 24.3 Å². The Bertz CT molecular complexity index is 657. The number of halogens is 1. The Morgan fingerprint density at radius 3 is 2.86 bits per heavy atom. The molecule has 0 amide bonds. The second kappa shape index (κ2) is 6.56. The lowest BCUT2D eigenvalue weighted by Gasteiger charge is -2.06. The van der Waals surface area contributed by atoms with Crippen LogP contribution < -0.4 is 11.1 Å². The molecule has 0 spiro atoms. The summed E-state index contributed by atoms with van der Waals surface area (Å²) in [6.45, 7) is 0.590. The molecule has 1 fully saturated rings. The van der Waals surface area contributed by atoms with E-state index in [0.717, 1.165) is 24.1 Å². The van der Waals surface area contributed by atoms with Gasteiger partial charge in [0.25, 0.3) is 0 Å². The van der Waals surface area contributed by atoms with Crippen molar-refractivity contribution in [1.82, 2.24) is 10.3 Å². The molecule has 3 rings (SSSR count). The van der Waals surface area contributed by atoms with Crippen LogP contribution in [0.1, 0.15) is 23.6 Å². The molecule has 0 bridgehead atoms. The van der Waals surface area contributed by atoms with Gasteiger partial charge in [0.15, 0.2) is 5.96 Å². The fourth-order valence-electron chi connectivity index (χ4n) is 2.55. The number of nitrogens with two attached hydrogens (primary N) is 1. The van der Waals surface area contributed by atoms with E-state index < -0.39 is 0 Å². The van der Waals surface area contributed by atoms with Crippen molar-refractivity contribution in [2.75, 3.05) is 6.54 Å². The number of nitrogens with one attached hydrogen (secondary N) is 1. The number of aromatic nitrogens is 1. The van der Waals surface area contributed by atoms with Crippen LogP contribution in [-0.2, 0) is 6.42 Å². The van der Waals surface area contributed by atoms with Gasteiger partial charge in [-0.05, 0) is 30.2 Å². The van der Waals surface area contributed by atoms with Gasteiger partial charge in [0.2, 0.25) is 0 Å². The van der Waals surface area contributed by atoms with Crippen LogP contribution in [0, 0.1) is 5.82 Å². The quantitative estimate of drug-likeness (QED) is 0.657. The molecule has 114 valence electrons. The number of hydrogen-bond donors (Lipinski definition) is 2. The van der Waals surface area contributed by atoms with Gasteiger partial charge in [-0.15, -0.1) is 0 Å². The number of benzene rings is 1. The van der Waals surface area contributed by atoms with Crippen LogP contribution in [0.25, 0.3) is 0 Å². The summed E-state index contributed by atoms with van der Waals surface area (Å²) in [5, 5.41) is 3.16. The van der Waals surface area contributed by atoms with Gasteiger partial charge in [-0.2, -0.15) is 0 Å². The van der Waals surface area contributed by atoms with Crippen molar-refractivity contribution in [1.29, 1.82) is 0 Å². The van der Waals surface area contributed by atoms with Gasteiger partial charge in [-0.25, -0.2) is 4.39 Å². The van der Waals surface area contributed by atoms with Gasteiger partial charge in [0.1, 0.15) is 5.82 Å². The van der Waals surface area contributed by atoms with E-state index in [1.807, 2.05) is 30.3 Å². The maximum Gasteiger partial charge on any atom is 0.188 e. The Balaban J connectivity index is 1.48. The van der Waals surface area contributed by atoms with Gasteiger partial charge < -0.3 is 11.1 Å². The van der Waals surface area contributed by atoms with E-state index in [-0.39, 0.29) is 17.8 Å². The molecule has 2 aromatic rings. The minimum Gasteiger partial charge on any atom is -0.370 e. The lowest BCUT2D eigenvalue weighted by atomic mass is 10.1. The molecule has 0 saturated heterocycles. The van der Waals surface area contributed by atoms with Crippen molar-refractivity contribution in [3.05, 3.63) is 65.7 Å². The van der Waals surface area contributed by atoms with Crippen LogP contribution in [0.3, 0.4) is 0 Å². The summed E-state index contributed by atoms with van der Waals surface area (Å²) in [4.78, 5) is 8.54. The molecule has 1 heterocycles. The fourth-order valence-corrected chi connectivity index (χ4v) is 2.55. The lowest BCUT2D eigenvalue weighted by Crippen LogP contribution is -2.34. The highest BCUT2D eigenvalue weighted by Crippen LogP contribution is 2.41. The van der Waals surface area contributed by atoms with Crippen LogP contribution in [-0.4, -0.2) is 23.5 Å². The van der Waals surface area contributed by atoms with Gasteiger partial charge in [-0.3, -0.25) is 9.98 Å². The van der Waals surface area contributed by atoms with Crippen LogP contribution >= 0.6 is 0 Å². The maximum absolute atomic E-state index is 13.7. The molecule has 2 atom stereocenters. The van der Waals surface area contributed by atoms with Crippen LogP contribution in [0.5, 0.6) is 0 Å². The largest absolute Gasteiger partial charge is 0.370 e. The first-order valence-corrected chi connectivity index (χ1v) is 7.45. The first-order valence-electron chi connectivity index (χ1n) is 7.45. The van der Waals surface area contributed by atoms with Crippen LogP contribution in [0.4, 0.5) is 4.39 Å². The first kappa shape index (κ1) is 14.5. The Hall–Kier alpha value is -2.43. The number of rotatable bonds is 5. The summed E-state index contributed by atoms with van der Waals surface area (Å²) in [6.07, 6.45) is 3.41. The first-order chi connectivity index (χ1) is 10.7. The van der Waals surface area contributed by atoms with Crippen molar-refractivity contribution in [2.24, 2.45) is 10.7 Å². The predicted molar refractivity (Wildman–Crippen MR) is 85.1 cm³/mol. The molecule has 1 aliphatic rings. The zero-order chi connectivity index (χ0) is 15.4. The molecule has 2 unspecified atom stereocenters. The van der Waals surface area contributed by atoms with Crippen molar-refractivity contribution < 1.29 is 4.39 Å². The molecule has 4 nitrogen and oxygen atoms in total. The topological polar surface area (TPSA) is 63.3 Å². The standard InChI is InChI=1S/C17H19FN4/c18-15-7-2-1-6-13(15)14-11-16(14)22-17(19)21-10-8-12-5-3-4-9-20-12/h1-7,9,14,16H,8,10-11H2,(H3,19,21,22). The molecular formula is C17H19FN4. The van der Waals surface area contributed by atoms with Gasteiger partial charge >= 0.3 is 0 Å². The van der Waals surface area contributed by atoms with Crippen molar-refractivity contribution in [3.63, 3.8) is 0 Å². The van der Waals surface area contributed by atoms with E-state index in [1.54, 1.807) is 12.3 Å². The molecule has 0 aliphatic heterocycles. The number of hydrogen-bond acceptors (Lipinski definition) is 2. The molecule has 5 heteroatoms. The Morgan fingerprint density at radius 1 is 1.27 bits per heavy atom. The van der Waals surface area contributed by atoms with E-state index >= 15 is 0 Å². The minimum atomic E-state index is -0.150. The smallest absolute Gasteiger partial charge is 0.188 e. The lowest BCUT2D eigenvalue weighted by molar-refractivity contribution is 0.608. The summed E-state index contributed by atoms with van der Waals surface area (Å²) in [6, 6.07) is 12.9. The van der Waals surface area contributed by atoms with E-state index in [2.05, 4.69) is 15.3 Å². The average Bonchev–Trinajstić information content (AvgIpc) is 3.27. The SMILES string of the molecule is NC(=NCCc1ccccn1)NC1CC1c1ccccc1F. The number of aliphatic imine (C=N–C) groups is 1. The number of nitrogens with zero attached hydrogens (tertiary/aromatic N) is 2. The molecular weight excluding hydrogens is 279 g/mol. The molecule has 1 aromatic heterocycles. The van der Waals surface area contributed by atoms with Crippen molar-refractivity contribution in [3.8, 4) is 0 Å². The third-order valence-corrected chi connectivity index (χ3v) is 3.80. The summed E-state index contributed by atoms with van der Waals surface area (Å²) in [5.74, 6) is 0.452. The molecule has 22 heavy (non-hydrogen) atoms. The van der Waals surface area contributed by atoms with E-state index in [9.17, 15) is 4.39 Å². The van der Waals surface area contributed by atoms with E-state index in [1.165, 1.54) is 6.07 Å². The Morgan fingerprint density at radius 2 is 2.09 bits per heavy atom. The molecule has 1 aromatic carbocycles. The highest BCUT2D eigenvalue weighted by Gasteiger charge is 2.40. The minimum absolute atomic E-state index is 0.150. The maximum atomic E-state index is 13.7. The Labute approximate surface area is 129 Å². The molecule has 1 saturated carbocycles. The summed E-state index contributed by atoms with van der Waals surface area (Å²) in [7, 11) is 0. The van der Waals surface area contributed by atoms with Gasteiger partial charge in [0.05, 0.1) is 0 Å². The monoisotopic (exact) mass is 298 g/mol. The molecule has 0 radical (unpaired) electrons. The number of guanidine groups is 1. The molecule has 1 aliphatic carbocycles. The highest BCUT2D eigenvalue weighted by molar-refractivity contribution is 5.78. The number of pyridine rings is 1. The third-order valence-electron chi connectivity index (χ3n) is 3.80. The van der Waals surface area contributed by atoms with Gasteiger partial charge in [0, 0.05) is 36.8 Å². The third kappa shape index (κ3) is 3.61. The second-order valence-corrected chi connectivity index (χ2v) is 5.45. The average molecular weight is 298 g/mol. The summed E-state index contributed by atoms with van der Waals surface area (Å²) < 4.78 is 13.7. The van der Waals surface area contributed by atoms with E-state index in [4.69, 9.17) is 5.73 Å². The summed E-state index contributed by atoms with van der Waals surface area (Å²) >= 11 is 0. The van der Waals surface area contributed by atoms with E-state index in [0.29, 0.717) is 12.5 Å². The van der Waals surface area contributed by atoms with Crippen molar-refractivity contribution >= 4 is 5.96 Å². The van der Waals surface area contributed by atoms with Crippen molar-refractivity contribution in [2.45, 2.75) is 24.8 Å². The fraction of sp³-hybridized carbons (Fsp3) is 0.294.